The molecule has 7 aromatic rings. The molecule has 2 heterocycles. The molecular formula is C41H33F5N6. The quantitative estimate of drug-likeness (QED) is 0.0994. The number of rotatable bonds is 11. The van der Waals surface area contributed by atoms with Crippen LogP contribution in [0, 0.1) is 0 Å². The highest BCUT2D eigenvalue weighted by Gasteiger charge is 2.60. The van der Waals surface area contributed by atoms with Crippen LogP contribution >= 0.6 is 0 Å². The molecular weight excluding hydrogens is 671 g/mol. The van der Waals surface area contributed by atoms with Crippen LogP contribution in [0.1, 0.15) is 47.1 Å². The molecule has 2 aromatic heterocycles. The van der Waals surface area contributed by atoms with Crippen molar-refractivity contribution >= 4 is 0 Å². The third-order valence-corrected chi connectivity index (χ3v) is 9.08. The minimum Gasteiger partial charge on any atom is -0.330 e. The average molecular weight is 705 g/mol. The molecule has 0 bridgehead atoms. The molecule has 0 fully saturated rings. The van der Waals surface area contributed by atoms with Gasteiger partial charge in [0.05, 0.1) is 0 Å². The van der Waals surface area contributed by atoms with Gasteiger partial charge in [-0.3, -0.25) is 0 Å². The molecule has 6 nitrogen and oxygen atoms in total. The molecule has 0 unspecified atom stereocenters. The van der Waals surface area contributed by atoms with Crippen LogP contribution in [0.4, 0.5) is 22.0 Å². The molecule has 5 aromatic carbocycles. The summed E-state index contributed by atoms with van der Waals surface area (Å²) in [5.41, 5.74) is 3.73. The van der Waals surface area contributed by atoms with Gasteiger partial charge >= 0.3 is 12.1 Å². The standard InChI is InChI=1S/C41H33F5N6/c1-2-14-37-47-36(40(42,43)41(44,45)46)28-51(37)27-29-23-25-30(26-24-29)34-21-12-13-22-35(34)38-48-50-52(49-38)39(31-15-6-3-7-16-31,32-17-8-4-9-18-32)33-19-10-5-11-20-33/h3-13,15-26,28H,2,14,27H2,1H3. The number of alkyl halides is 5. The topological polar surface area (TPSA) is 61.4 Å². The monoisotopic (exact) mass is 704 g/mol. The van der Waals surface area contributed by atoms with E-state index >= 15 is 0 Å². The molecule has 0 aliphatic heterocycles. The van der Waals surface area contributed by atoms with Crippen molar-refractivity contribution in [2.24, 2.45) is 0 Å². The van der Waals surface area contributed by atoms with E-state index in [-0.39, 0.29) is 18.8 Å². The second kappa shape index (κ2) is 14.0. The molecule has 0 radical (unpaired) electrons. The van der Waals surface area contributed by atoms with Crippen LogP contribution in [0.15, 0.2) is 146 Å². The van der Waals surface area contributed by atoms with Crippen LogP contribution in [0.5, 0.6) is 0 Å². The number of benzene rings is 5. The van der Waals surface area contributed by atoms with Crippen LogP contribution < -0.4 is 0 Å². The fraction of sp³-hybridized carbons (Fsp3) is 0.171. The molecule has 0 spiro atoms. The van der Waals surface area contributed by atoms with Crippen LogP contribution in [0.3, 0.4) is 0 Å². The summed E-state index contributed by atoms with van der Waals surface area (Å²) in [4.78, 5) is 5.36. The Morgan fingerprint density at radius 3 is 1.65 bits per heavy atom. The van der Waals surface area contributed by atoms with E-state index in [0.29, 0.717) is 17.8 Å². The van der Waals surface area contributed by atoms with Gasteiger partial charge in [-0.05, 0) is 45.0 Å². The Morgan fingerprint density at radius 2 is 1.13 bits per heavy atom. The summed E-state index contributed by atoms with van der Waals surface area (Å²) >= 11 is 0. The summed E-state index contributed by atoms with van der Waals surface area (Å²) in [5.74, 6) is -4.47. The van der Waals surface area contributed by atoms with E-state index < -0.39 is 23.3 Å². The van der Waals surface area contributed by atoms with Gasteiger partial charge in [0.15, 0.2) is 5.54 Å². The van der Waals surface area contributed by atoms with Crippen molar-refractivity contribution in [3.05, 3.63) is 179 Å². The smallest absolute Gasteiger partial charge is 0.330 e. The summed E-state index contributed by atoms with van der Waals surface area (Å²) in [6, 6.07) is 45.2. The van der Waals surface area contributed by atoms with Crippen molar-refractivity contribution in [3.8, 4) is 22.5 Å². The lowest BCUT2D eigenvalue weighted by atomic mass is 9.77. The summed E-state index contributed by atoms with van der Waals surface area (Å²) < 4.78 is 69.0. The predicted octanol–water partition coefficient (Wildman–Crippen LogP) is 9.70. The Kier molecular flexibility index (Phi) is 9.27. The minimum atomic E-state index is -5.74. The van der Waals surface area contributed by atoms with Crippen LogP contribution in [-0.4, -0.2) is 35.9 Å². The van der Waals surface area contributed by atoms with E-state index in [1.807, 2.05) is 110 Å². The third-order valence-electron chi connectivity index (χ3n) is 9.08. The van der Waals surface area contributed by atoms with Crippen molar-refractivity contribution < 1.29 is 22.0 Å². The van der Waals surface area contributed by atoms with Gasteiger partial charge in [-0.1, -0.05) is 146 Å². The third kappa shape index (κ3) is 6.27. The van der Waals surface area contributed by atoms with Crippen molar-refractivity contribution in [1.82, 2.24) is 29.8 Å². The largest absolute Gasteiger partial charge is 0.459 e. The van der Waals surface area contributed by atoms with Gasteiger partial charge in [0, 0.05) is 24.7 Å². The van der Waals surface area contributed by atoms with Gasteiger partial charge in [-0.25, -0.2) is 4.98 Å². The highest BCUT2D eigenvalue weighted by Crippen LogP contribution is 2.44. The van der Waals surface area contributed by atoms with Crippen molar-refractivity contribution in [2.75, 3.05) is 0 Å². The Morgan fingerprint density at radius 1 is 0.615 bits per heavy atom. The minimum absolute atomic E-state index is 0.0780. The zero-order valence-electron chi connectivity index (χ0n) is 28.1. The van der Waals surface area contributed by atoms with Crippen molar-refractivity contribution in [2.45, 2.75) is 43.9 Å². The zero-order valence-corrected chi connectivity index (χ0v) is 28.1. The van der Waals surface area contributed by atoms with Crippen molar-refractivity contribution in [1.29, 1.82) is 0 Å². The predicted molar refractivity (Wildman–Crippen MR) is 189 cm³/mol. The maximum absolute atomic E-state index is 14.2. The highest BCUT2D eigenvalue weighted by atomic mass is 19.4. The number of tetrazole rings is 1. The Labute approximate surface area is 297 Å². The van der Waals surface area contributed by atoms with E-state index in [1.165, 1.54) is 4.57 Å². The molecule has 0 amide bonds. The molecule has 0 atom stereocenters. The van der Waals surface area contributed by atoms with Gasteiger partial charge in [0.25, 0.3) is 0 Å². The number of halogens is 5. The number of aromatic nitrogens is 6. The molecule has 0 aliphatic rings. The summed E-state index contributed by atoms with van der Waals surface area (Å²) in [6.07, 6.45) is -4.15. The van der Waals surface area contributed by atoms with Gasteiger partial charge < -0.3 is 4.57 Å². The van der Waals surface area contributed by atoms with E-state index in [1.54, 1.807) is 4.80 Å². The lowest BCUT2D eigenvalue weighted by molar-refractivity contribution is -0.290. The molecule has 262 valence electrons. The van der Waals surface area contributed by atoms with Crippen LogP contribution in [0.25, 0.3) is 22.5 Å². The Balaban J connectivity index is 1.25. The molecule has 7 rings (SSSR count). The number of aryl methyl sites for hydroxylation is 1. The summed E-state index contributed by atoms with van der Waals surface area (Å²) in [6.45, 7) is 1.89. The molecule has 0 N–H and O–H groups in total. The van der Waals surface area contributed by atoms with E-state index in [0.717, 1.165) is 39.6 Å². The van der Waals surface area contributed by atoms with Gasteiger partial charge in [-0.15, -0.1) is 15.0 Å². The summed E-state index contributed by atoms with van der Waals surface area (Å²) in [5, 5.41) is 14.3. The second-order valence-electron chi connectivity index (χ2n) is 12.4. The lowest BCUT2D eigenvalue weighted by Crippen LogP contribution is -2.39. The fourth-order valence-electron chi connectivity index (χ4n) is 6.58. The first-order chi connectivity index (χ1) is 25.1. The number of nitrogens with zero attached hydrogens (tertiary/aromatic N) is 6. The molecule has 52 heavy (non-hydrogen) atoms. The van der Waals surface area contributed by atoms with Crippen LogP contribution in [-0.2, 0) is 24.4 Å². The van der Waals surface area contributed by atoms with E-state index in [4.69, 9.17) is 5.10 Å². The number of hydrogen-bond donors (Lipinski definition) is 0. The van der Waals surface area contributed by atoms with Crippen molar-refractivity contribution in [3.63, 3.8) is 0 Å². The molecule has 0 saturated carbocycles. The first-order valence-corrected chi connectivity index (χ1v) is 16.8. The van der Waals surface area contributed by atoms with Gasteiger partial charge in [0.2, 0.25) is 5.82 Å². The zero-order chi connectivity index (χ0) is 36.3. The number of hydrogen-bond acceptors (Lipinski definition) is 4. The Hall–Kier alpha value is -5.97. The molecule has 0 aliphatic carbocycles. The highest BCUT2D eigenvalue weighted by molar-refractivity contribution is 5.80. The molecule has 0 saturated heterocycles. The average Bonchev–Trinajstić information content (AvgIpc) is 3.82. The second-order valence-corrected chi connectivity index (χ2v) is 12.4. The normalized spacial score (nSPS) is 12.3. The molecule has 11 heteroatoms. The van der Waals surface area contributed by atoms with Crippen LogP contribution in [0.2, 0.25) is 0 Å². The number of imidazole rings is 1. The SMILES string of the molecule is CCCc1nc(C(F)(F)C(F)(F)F)cn1Cc1ccc(-c2ccccc2-c2nnn(C(c3ccccc3)(c3ccccc3)c3ccccc3)n2)cc1. The summed E-state index contributed by atoms with van der Waals surface area (Å²) in [7, 11) is 0. The lowest BCUT2D eigenvalue weighted by Gasteiger charge is -2.34. The van der Waals surface area contributed by atoms with E-state index in [9.17, 15) is 22.0 Å². The maximum Gasteiger partial charge on any atom is 0.459 e. The fourth-order valence-corrected chi connectivity index (χ4v) is 6.58. The van der Waals surface area contributed by atoms with Gasteiger partial charge in [0.1, 0.15) is 11.5 Å². The first-order valence-electron chi connectivity index (χ1n) is 16.8. The maximum atomic E-state index is 14.2. The van der Waals surface area contributed by atoms with E-state index in [2.05, 4.69) is 51.7 Å². The van der Waals surface area contributed by atoms with Gasteiger partial charge in [-0.2, -0.15) is 22.0 Å². The first kappa shape index (κ1) is 34.5. The Bertz CT molecular complexity index is 2150.